The molecule has 8 heteroatoms. The smallest absolute Gasteiger partial charge is 0.224 e. The molecule has 0 saturated carbocycles. The average molecular weight is 456 g/mol. The first-order valence-corrected chi connectivity index (χ1v) is 12.5. The lowest BCUT2D eigenvalue weighted by molar-refractivity contribution is -0.131. The second-order valence-electron chi connectivity index (χ2n) is 8.47. The van der Waals surface area contributed by atoms with Crippen LogP contribution in [0.5, 0.6) is 0 Å². The molecular weight excluding hydrogens is 426 g/mol. The van der Waals surface area contributed by atoms with E-state index in [9.17, 15) is 18.0 Å². The fourth-order valence-electron chi connectivity index (χ4n) is 4.45. The van der Waals surface area contributed by atoms with Crippen molar-refractivity contribution in [1.82, 2.24) is 4.90 Å². The minimum Gasteiger partial charge on any atom is -0.368 e. The monoisotopic (exact) mass is 455 g/mol. The maximum absolute atomic E-state index is 13.1. The zero-order valence-corrected chi connectivity index (χ0v) is 19.3. The number of fused-ring (bicyclic) bond motifs is 1. The lowest BCUT2D eigenvalue weighted by Crippen LogP contribution is -2.49. The summed E-state index contributed by atoms with van der Waals surface area (Å²) in [5, 5.41) is -0.814. The van der Waals surface area contributed by atoms with Crippen LogP contribution in [-0.4, -0.2) is 63.1 Å². The van der Waals surface area contributed by atoms with Crippen molar-refractivity contribution in [2.75, 3.05) is 42.5 Å². The van der Waals surface area contributed by atoms with Crippen molar-refractivity contribution in [3.8, 4) is 0 Å². The van der Waals surface area contributed by atoms with Gasteiger partial charge in [-0.25, -0.2) is 8.42 Å². The Bertz CT molecular complexity index is 1110. The first kappa shape index (κ1) is 22.3. The first-order valence-electron chi connectivity index (χ1n) is 11.0. The Morgan fingerprint density at radius 3 is 2.31 bits per heavy atom. The zero-order valence-electron chi connectivity index (χ0n) is 18.5. The number of hydrogen-bond acceptors (Lipinski definition) is 5. The number of carbonyl (C=O) groups is 2. The molecule has 2 aromatic carbocycles. The van der Waals surface area contributed by atoms with E-state index in [-0.39, 0.29) is 23.1 Å². The molecule has 1 atom stereocenters. The lowest BCUT2D eigenvalue weighted by Gasteiger charge is -2.36. The van der Waals surface area contributed by atoms with Gasteiger partial charge in [-0.1, -0.05) is 18.2 Å². The molecule has 170 valence electrons. The summed E-state index contributed by atoms with van der Waals surface area (Å²) in [6.45, 7) is 6.30. The topological polar surface area (TPSA) is 78.0 Å². The van der Waals surface area contributed by atoms with Crippen LogP contribution in [0.1, 0.15) is 25.8 Å². The van der Waals surface area contributed by atoms with E-state index in [4.69, 9.17) is 0 Å². The number of sulfone groups is 1. The van der Waals surface area contributed by atoms with Crippen LogP contribution in [-0.2, 0) is 25.8 Å². The Morgan fingerprint density at radius 1 is 0.969 bits per heavy atom. The summed E-state index contributed by atoms with van der Waals surface area (Å²) in [5.74, 6) is -0.177. The minimum absolute atomic E-state index is 0.0374. The number of carbonyl (C=O) groups excluding carboxylic acids is 2. The first-order chi connectivity index (χ1) is 15.3. The fraction of sp³-hybridized carbons (Fsp3) is 0.417. The molecule has 1 fully saturated rings. The van der Waals surface area contributed by atoms with E-state index in [0.29, 0.717) is 26.1 Å². The predicted molar refractivity (Wildman–Crippen MR) is 125 cm³/mol. The van der Waals surface area contributed by atoms with Crippen molar-refractivity contribution in [2.45, 2.75) is 36.8 Å². The summed E-state index contributed by atoms with van der Waals surface area (Å²) in [6.07, 6.45) is 0.599. The largest absolute Gasteiger partial charge is 0.368 e. The summed E-state index contributed by atoms with van der Waals surface area (Å²) in [4.78, 5) is 30.4. The second kappa shape index (κ2) is 8.94. The molecule has 4 rings (SSSR count). The molecule has 1 saturated heterocycles. The third kappa shape index (κ3) is 4.37. The Balaban J connectivity index is 1.39. The third-order valence-electron chi connectivity index (χ3n) is 6.40. The molecule has 7 nitrogen and oxygen atoms in total. The van der Waals surface area contributed by atoms with Crippen molar-refractivity contribution in [3.05, 3.63) is 54.1 Å². The van der Waals surface area contributed by atoms with Crippen LogP contribution in [0.25, 0.3) is 0 Å². The lowest BCUT2D eigenvalue weighted by atomic mass is 10.2. The number of para-hydroxylation sites is 1. The van der Waals surface area contributed by atoms with Crippen LogP contribution in [0.4, 0.5) is 11.4 Å². The zero-order chi connectivity index (χ0) is 22.9. The van der Waals surface area contributed by atoms with Crippen molar-refractivity contribution in [1.29, 1.82) is 0 Å². The SMILES string of the molecule is CC(=O)N1CCc2cc(S(=O)(=O)[C@H](C)CC(=O)N3CCN(c4ccccc4)CC3)ccc21. The molecule has 0 aliphatic carbocycles. The third-order valence-corrected chi connectivity index (χ3v) is 8.54. The highest BCUT2D eigenvalue weighted by Gasteiger charge is 2.31. The number of benzene rings is 2. The number of rotatable bonds is 5. The molecule has 32 heavy (non-hydrogen) atoms. The average Bonchev–Trinajstić information content (AvgIpc) is 3.23. The van der Waals surface area contributed by atoms with Crippen molar-refractivity contribution in [2.24, 2.45) is 0 Å². The minimum atomic E-state index is -3.65. The predicted octanol–water partition coefficient (Wildman–Crippen LogP) is 2.50. The van der Waals surface area contributed by atoms with Gasteiger partial charge in [0.05, 0.1) is 10.1 Å². The van der Waals surface area contributed by atoms with Crippen LogP contribution >= 0.6 is 0 Å². The van der Waals surface area contributed by atoms with Gasteiger partial charge in [-0.15, -0.1) is 0 Å². The van der Waals surface area contributed by atoms with Gasteiger partial charge in [0.25, 0.3) is 0 Å². The van der Waals surface area contributed by atoms with Gasteiger partial charge in [0.15, 0.2) is 9.84 Å². The van der Waals surface area contributed by atoms with Crippen LogP contribution in [0.3, 0.4) is 0 Å². The van der Waals surface area contributed by atoms with Crippen LogP contribution in [0.15, 0.2) is 53.4 Å². The van der Waals surface area contributed by atoms with Gasteiger partial charge in [0.2, 0.25) is 11.8 Å². The second-order valence-corrected chi connectivity index (χ2v) is 10.8. The van der Waals surface area contributed by atoms with E-state index in [1.54, 1.807) is 34.9 Å². The van der Waals surface area contributed by atoms with E-state index < -0.39 is 15.1 Å². The highest BCUT2D eigenvalue weighted by molar-refractivity contribution is 7.92. The molecule has 0 radical (unpaired) electrons. The Kier molecular flexibility index (Phi) is 6.24. The molecule has 2 aliphatic rings. The molecule has 2 amide bonds. The van der Waals surface area contributed by atoms with Gasteiger partial charge < -0.3 is 14.7 Å². The summed E-state index contributed by atoms with van der Waals surface area (Å²) < 4.78 is 26.3. The summed E-state index contributed by atoms with van der Waals surface area (Å²) in [5.41, 5.74) is 2.77. The summed E-state index contributed by atoms with van der Waals surface area (Å²) in [6, 6.07) is 15.0. The van der Waals surface area contributed by atoms with E-state index in [1.165, 1.54) is 6.92 Å². The molecular formula is C24H29N3O4S. The molecule has 0 aromatic heterocycles. The number of anilines is 2. The maximum atomic E-state index is 13.1. The van der Waals surface area contributed by atoms with Gasteiger partial charge in [-0.3, -0.25) is 9.59 Å². The Hall–Kier alpha value is -2.87. The Labute approximate surface area is 189 Å². The number of piperazine rings is 1. The van der Waals surface area contributed by atoms with E-state index >= 15 is 0 Å². The highest BCUT2D eigenvalue weighted by atomic mass is 32.2. The molecule has 2 heterocycles. The van der Waals surface area contributed by atoms with Crippen molar-refractivity contribution >= 4 is 33.0 Å². The van der Waals surface area contributed by atoms with Gasteiger partial charge in [-0.2, -0.15) is 0 Å². The van der Waals surface area contributed by atoms with Crippen molar-refractivity contribution < 1.29 is 18.0 Å². The number of nitrogens with zero attached hydrogens (tertiary/aromatic N) is 3. The van der Waals surface area contributed by atoms with E-state index in [0.717, 1.165) is 30.0 Å². The molecule has 0 bridgehead atoms. The van der Waals surface area contributed by atoms with E-state index in [2.05, 4.69) is 17.0 Å². The fourth-order valence-corrected chi connectivity index (χ4v) is 5.84. The van der Waals surface area contributed by atoms with Crippen LogP contribution in [0, 0.1) is 0 Å². The van der Waals surface area contributed by atoms with Gasteiger partial charge >= 0.3 is 0 Å². The summed E-state index contributed by atoms with van der Waals surface area (Å²) >= 11 is 0. The number of hydrogen-bond donors (Lipinski definition) is 0. The quantitative estimate of drug-likeness (QED) is 0.692. The summed E-state index contributed by atoms with van der Waals surface area (Å²) in [7, 11) is -3.65. The molecule has 0 unspecified atom stereocenters. The standard InChI is InChI=1S/C24H29N3O4S/c1-18(16-24(29)26-14-12-25(13-15-26)21-6-4-3-5-7-21)32(30,31)22-8-9-23-20(17-22)10-11-27(23)19(2)28/h3-9,17-18H,10-16H2,1-2H3/t18-/m1/s1. The number of amides is 2. The van der Waals surface area contributed by atoms with Crippen LogP contribution < -0.4 is 9.80 Å². The maximum Gasteiger partial charge on any atom is 0.224 e. The highest BCUT2D eigenvalue weighted by Crippen LogP contribution is 2.31. The van der Waals surface area contributed by atoms with Crippen LogP contribution in [0.2, 0.25) is 0 Å². The normalized spacial score (nSPS) is 17.2. The molecule has 0 N–H and O–H groups in total. The molecule has 2 aromatic rings. The Morgan fingerprint density at radius 2 is 1.66 bits per heavy atom. The van der Waals surface area contributed by atoms with E-state index in [1.807, 2.05) is 18.2 Å². The van der Waals surface area contributed by atoms with Crippen molar-refractivity contribution in [3.63, 3.8) is 0 Å². The molecule has 0 spiro atoms. The molecule has 2 aliphatic heterocycles. The van der Waals surface area contributed by atoms with Gasteiger partial charge in [0, 0.05) is 57.4 Å². The van der Waals surface area contributed by atoms with Gasteiger partial charge in [0.1, 0.15) is 0 Å². The van der Waals surface area contributed by atoms with Gasteiger partial charge in [-0.05, 0) is 49.2 Å².